The van der Waals surface area contributed by atoms with Crippen molar-refractivity contribution < 1.29 is 14.7 Å². The Kier molecular flexibility index (Phi) is 7.55. The van der Waals surface area contributed by atoms with Crippen molar-refractivity contribution in [1.29, 1.82) is 0 Å². The van der Waals surface area contributed by atoms with Gasteiger partial charge in [-0.25, -0.2) is 0 Å². The zero-order chi connectivity index (χ0) is 11.0. The second-order valence-corrected chi connectivity index (χ2v) is 3.06. The average Bonchev–Trinajstić information content (AvgIpc) is 2.22. The highest BCUT2D eigenvalue weighted by Gasteiger charge is 2.07. The summed E-state index contributed by atoms with van der Waals surface area (Å²) in [6.45, 7) is 0.0994. The molecular weight excluding hydrogens is 231 g/mol. The number of nitrogens with one attached hydrogen (secondary N) is 2. The Morgan fingerprint density at radius 3 is 1.71 bits per heavy atom. The van der Waals surface area contributed by atoms with Crippen LogP contribution in [0, 0.1) is 0 Å². The highest BCUT2D eigenvalue weighted by atomic mass is 35.5. The minimum atomic E-state index is -0.839. The number of hydrogen-bond donors (Lipinski definition) is 3. The average molecular weight is 243 g/mol. The van der Waals surface area contributed by atoms with Gasteiger partial charge in [0.05, 0.1) is 6.10 Å². The van der Waals surface area contributed by atoms with Crippen LogP contribution in [0.15, 0.2) is 0 Å². The standard InChI is InChI=1S/C7H12Cl2N2O3/c8-1-6(13)10-3-5(12)4-11-7(14)2-9/h5,12H,1-4H2,(H,10,13)(H,11,14). The van der Waals surface area contributed by atoms with Crippen LogP contribution in [-0.4, -0.2) is 47.9 Å². The second kappa shape index (κ2) is 7.84. The Labute approximate surface area is 91.8 Å². The Morgan fingerprint density at radius 1 is 1.07 bits per heavy atom. The maximum atomic E-state index is 10.6. The Bertz CT molecular complexity index is 181. The Hall–Kier alpha value is -0.520. The number of amides is 2. The fraction of sp³-hybridized carbons (Fsp3) is 0.714. The van der Waals surface area contributed by atoms with Crippen LogP contribution in [0.4, 0.5) is 0 Å². The van der Waals surface area contributed by atoms with Gasteiger partial charge in [-0.3, -0.25) is 9.59 Å². The molecule has 0 spiro atoms. The number of hydrogen-bond acceptors (Lipinski definition) is 3. The summed E-state index contributed by atoms with van der Waals surface area (Å²) in [5.41, 5.74) is 0. The summed E-state index contributed by atoms with van der Waals surface area (Å²) in [6, 6.07) is 0. The van der Waals surface area contributed by atoms with E-state index in [-0.39, 0.29) is 36.7 Å². The lowest BCUT2D eigenvalue weighted by molar-refractivity contribution is -0.119. The number of alkyl halides is 2. The smallest absolute Gasteiger partial charge is 0.235 e. The van der Waals surface area contributed by atoms with Gasteiger partial charge in [0.15, 0.2) is 0 Å². The summed E-state index contributed by atoms with van der Waals surface area (Å²) >= 11 is 10.4. The maximum absolute atomic E-state index is 10.6. The topological polar surface area (TPSA) is 78.4 Å². The van der Waals surface area contributed by atoms with Gasteiger partial charge in [-0.1, -0.05) is 0 Å². The monoisotopic (exact) mass is 242 g/mol. The predicted molar refractivity (Wildman–Crippen MR) is 53.5 cm³/mol. The third kappa shape index (κ3) is 6.94. The fourth-order valence-corrected chi connectivity index (χ4v) is 0.819. The first-order chi connectivity index (χ1) is 6.60. The van der Waals surface area contributed by atoms with Gasteiger partial charge in [0, 0.05) is 13.1 Å². The number of aliphatic hydroxyl groups is 1. The molecule has 0 saturated carbocycles. The molecule has 0 aromatic heterocycles. The molecule has 14 heavy (non-hydrogen) atoms. The van der Waals surface area contributed by atoms with E-state index in [1.807, 2.05) is 0 Å². The SMILES string of the molecule is O=C(CCl)NCC(O)CNC(=O)CCl. The van der Waals surface area contributed by atoms with Crippen LogP contribution in [0.2, 0.25) is 0 Å². The molecule has 0 fully saturated rings. The predicted octanol–water partition coefficient (Wildman–Crippen LogP) is -0.943. The minimum absolute atomic E-state index is 0.0497. The first-order valence-corrected chi connectivity index (χ1v) is 5.00. The van der Waals surface area contributed by atoms with Crippen molar-refractivity contribution in [2.24, 2.45) is 0 Å². The highest BCUT2D eigenvalue weighted by Crippen LogP contribution is 1.81. The lowest BCUT2D eigenvalue weighted by Crippen LogP contribution is -2.40. The molecule has 0 heterocycles. The van der Waals surface area contributed by atoms with Gasteiger partial charge in [-0.05, 0) is 0 Å². The van der Waals surface area contributed by atoms with E-state index in [1.165, 1.54) is 0 Å². The third-order valence-electron chi connectivity index (χ3n) is 1.31. The van der Waals surface area contributed by atoms with Crippen molar-refractivity contribution in [2.45, 2.75) is 6.10 Å². The lowest BCUT2D eigenvalue weighted by Gasteiger charge is -2.11. The molecule has 82 valence electrons. The van der Waals surface area contributed by atoms with E-state index in [2.05, 4.69) is 10.6 Å². The van der Waals surface area contributed by atoms with Crippen LogP contribution < -0.4 is 10.6 Å². The quantitative estimate of drug-likeness (QED) is 0.527. The zero-order valence-electron chi connectivity index (χ0n) is 7.43. The maximum Gasteiger partial charge on any atom is 0.235 e. The summed E-state index contributed by atoms with van der Waals surface area (Å²) in [4.78, 5) is 21.3. The first kappa shape index (κ1) is 13.5. The summed E-state index contributed by atoms with van der Waals surface area (Å²) in [5.74, 6) is -1.04. The molecule has 2 amide bonds. The van der Waals surface area contributed by atoms with E-state index in [1.54, 1.807) is 0 Å². The van der Waals surface area contributed by atoms with E-state index in [0.717, 1.165) is 0 Å². The van der Waals surface area contributed by atoms with Crippen LogP contribution in [0.1, 0.15) is 0 Å². The van der Waals surface area contributed by atoms with E-state index in [4.69, 9.17) is 23.2 Å². The van der Waals surface area contributed by atoms with Crippen molar-refractivity contribution in [3.05, 3.63) is 0 Å². The van der Waals surface area contributed by atoms with Gasteiger partial charge >= 0.3 is 0 Å². The molecule has 0 aliphatic heterocycles. The zero-order valence-corrected chi connectivity index (χ0v) is 8.94. The van der Waals surface area contributed by atoms with Crippen LogP contribution in [0.25, 0.3) is 0 Å². The molecule has 0 aliphatic rings. The van der Waals surface area contributed by atoms with Crippen LogP contribution >= 0.6 is 23.2 Å². The molecule has 7 heteroatoms. The van der Waals surface area contributed by atoms with E-state index in [0.29, 0.717) is 0 Å². The minimum Gasteiger partial charge on any atom is -0.389 e. The van der Waals surface area contributed by atoms with Crippen molar-refractivity contribution in [3.8, 4) is 0 Å². The molecule has 0 aromatic rings. The van der Waals surface area contributed by atoms with Crippen LogP contribution in [0.5, 0.6) is 0 Å². The van der Waals surface area contributed by atoms with Gasteiger partial charge < -0.3 is 15.7 Å². The molecule has 0 unspecified atom stereocenters. The van der Waals surface area contributed by atoms with Gasteiger partial charge in [0.25, 0.3) is 0 Å². The van der Waals surface area contributed by atoms with Gasteiger partial charge in [-0.15, -0.1) is 23.2 Å². The number of rotatable bonds is 6. The molecule has 0 bridgehead atoms. The van der Waals surface area contributed by atoms with Crippen molar-refractivity contribution in [2.75, 3.05) is 24.8 Å². The fourth-order valence-electron chi connectivity index (χ4n) is 0.630. The van der Waals surface area contributed by atoms with E-state index < -0.39 is 6.10 Å². The van der Waals surface area contributed by atoms with Crippen LogP contribution in [0.3, 0.4) is 0 Å². The largest absolute Gasteiger partial charge is 0.389 e. The van der Waals surface area contributed by atoms with E-state index in [9.17, 15) is 14.7 Å². The molecule has 0 aliphatic carbocycles. The second-order valence-electron chi connectivity index (χ2n) is 2.53. The Balaban J connectivity index is 3.50. The summed E-state index contributed by atoms with van der Waals surface area (Å²) in [6.07, 6.45) is -0.839. The number of halogens is 2. The molecule has 3 N–H and O–H groups in total. The molecule has 5 nitrogen and oxygen atoms in total. The Morgan fingerprint density at radius 2 is 1.43 bits per heavy atom. The molecular formula is C7H12Cl2N2O3. The molecule has 0 aromatic carbocycles. The normalized spacial score (nSPS) is 10.0. The lowest BCUT2D eigenvalue weighted by atomic mass is 10.3. The van der Waals surface area contributed by atoms with Crippen molar-refractivity contribution >= 4 is 35.0 Å². The number of carbonyl (C=O) groups excluding carboxylic acids is 2. The third-order valence-corrected chi connectivity index (χ3v) is 1.80. The van der Waals surface area contributed by atoms with Gasteiger partial charge in [-0.2, -0.15) is 0 Å². The summed E-state index contributed by atoms with van der Waals surface area (Å²) in [7, 11) is 0. The first-order valence-electron chi connectivity index (χ1n) is 3.93. The van der Waals surface area contributed by atoms with Gasteiger partial charge in [0.1, 0.15) is 11.8 Å². The van der Waals surface area contributed by atoms with Gasteiger partial charge in [0.2, 0.25) is 11.8 Å². The van der Waals surface area contributed by atoms with Crippen LogP contribution in [-0.2, 0) is 9.59 Å². The van der Waals surface area contributed by atoms with Crippen molar-refractivity contribution in [1.82, 2.24) is 10.6 Å². The molecule has 0 radical (unpaired) electrons. The van der Waals surface area contributed by atoms with E-state index >= 15 is 0 Å². The molecule has 0 rings (SSSR count). The summed E-state index contributed by atoms with van der Waals surface area (Å²) < 4.78 is 0. The number of carbonyl (C=O) groups is 2. The summed E-state index contributed by atoms with van der Waals surface area (Å²) in [5, 5.41) is 14.0. The highest BCUT2D eigenvalue weighted by molar-refractivity contribution is 6.27. The van der Waals surface area contributed by atoms with Crippen molar-refractivity contribution in [3.63, 3.8) is 0 Å². The number of aliphatic hydroxyl groups excluding tert-OH is 1. The molecule has 0 atom stereocenters. The molecule has 0 saturated heterocycles.